The van der Waals surface area contributed by atoms with Gasteiger partial charge in [-0.25, -0.2) is 0 Å². The minimum absolute atomic E-state index is 0.252. The molecule has 0 saturated heterocycles. The predicted molar refractivity (Wildman–Crippen MR) is 94.6 cm³/mol. The van der Waals surface area contributed by atoms with Crippen LogP contribution in [-0.4, -0.2) is 15.1 Å². The summed E-state index contributed by atoms with van der Waals surface area (Å²) in [6.07, 6.45) is 3.77. The fourth-order valence-corrected chi connectivity index (χ4v) is 3.36. The number of anilines is 1. The van der Waals surface area contributed by atoms with Crippen LogP contribution in [0, 0.1) is 0 Å². The molecule has 0 fully saturated rings. The summed E-state index contributed by atoms with van der Waals surface area (Å²) in [7, 11) is 0. The van der Waals surface area contributed by atoms with Crippen molar-refractivity contribution in [1.29, 1.82) is 0 Å². The SMILES string of the molecule is CCc1ccccc1N[C@@H]1c2cccnc2-c2ncccc2[C@H]1O. The highest BCUT2D eigenvalue weighted by molar-refractivity contribution is 5.69. The average Bonchev–Trinajstić information content (AvgIpc) is 2.65. The second-order valence-corrected chi connectivity index (χ2v) is 5.96. The molecule has 3 aromatic rings. The number of hydrogen-bond acceptors (Lipinski definition) is 4. The Morgan fingerprint density at radius 2 is 1.58 bits per heavy atom. The lowest BCUT2D eigenvalue weighted by molar-refractivity contribution is 0.153. The van der Waals surface area contributed by atoms with Crippen LogP contribution in [-0.2, 0) is 6.42 Å². The Morgan fingerprint density at radius 3 is 2.33 bits per heavy atom. The van der Waals surface area contributed by atoms with Gasteiger partial charge in [-0.2, -0.15) is 0 Å². The summed E-state index contributed by atoms with van der Waals surface area (Å²) in [5.41, 5.74) is 5.67. The van der Waals surface area contributed by atoms with E-state index >= 15 is 0 Å². The number of pyridine rings is 2. The highest BCUT2D eigenvalue weighted by atomic mass is 16.3. The molecule has 1 aromatic carbocycles. The van der Waals surface area contributed by atoms with Gasteiger partial charge in [0.1, 0.15) is 6.10 Å². The standard InChI is InChI=1S/C20H19N3O/c1-2-13-7-3-4-10-16(13)23-19-14-8-5-11-21-17(14)18-15(20(19)24)9-6-12-22-18/h3-12,19-20,23-24H,2H2,1H3/t19-,20-/m1/s1. The van der Waals surface area contributed by atoms with E-state index < -0.39 is 6.10 Å². The average molecular weight is 317 g/mol. The third-order valence-electron chi connectivity index (χ3n) is 4.58. The normalized spacial score (nSPS) is 18.6. The summed E-state index contributed by atoms with van der Waals surface area (Å²) in [6, 6.07) is 15.6. The molecule has 120 valence electrons. The van der Waals surface area contributed by atoms with E-state index in [2.05, 4.69) is 34.3 Å². The quantitative estimate of drug-likeness (QED) is 0.769. The first-order valence-electron chi connectivity index (χ1n) is 8.22. The van der Waals surface area contributed by atoms with E-state index in [9.17, 15) is 5.11 Å². The lowest BCUT2D eigenvalue weighted by atomic mass is 9.85. The van der Waals surface area contributed by atoms with Gasteiger partial charge in [-0.3, -0.25) is 9.97 Å². The zero-order valence-electron chi connectivity index (χ0n) is 13.5. The van der Waals surface area contributed by atoms with Gasteiger partial charge >= 0.3 is 0 Å². The predicted octanol–water partition coefficient (Wildman–Crippen LogP) is 3.91. The molecule has 2 aromatic heterocycles. The maximum absolute atomic E-state index is 11.0. The first-order chi connectivity index (χ1) is 11.8. The molecule has 2 atom stereocenters. The Hall–Kier alpha value is -2.72. The van der Waals surface area contributed by atoms with Crippen LogP contribution in [0.25, 0.3) is 11.4 Å². The Labute approximate surface area is 141 Å². The molecule has 4 heteroatoms. The number of aromatic nitrogens is 2. The van der Waals surface area contributed by atoms with Crippen LogP contribution < -0.4 is 5.32 Å². The third-order valence-corrected chi connectivity index (χ3v) is 4.58. The molecule has 0 radical (unpaired) electrons. The number of aliphatic hydroxyl groups is 1. The summed E-state index contributed by atoms with van der Waals surface area (Å²) in [4.78, 5) is 8.95. The largest absolute Gasteiger partial charge is 0.386 e. The molecule has 0 spiro atoms. The Bertz CT molecular complexity index is 878. The second-order valence-electron chi connectivity index (χ2n) is 5.96. The van der Waals surface area contributed by atoms with Crippen molar-refractivity contribution in [2.45, 2.75) is 25.5 Å². The van der Waals surface area contributed by atoms with Gasteiger partial charge in [0, 0.05) is 29.2 Å². The molecule has 0 saturated carbocycles. The van der Waals surface area contributed by atoms with Crippen molar-refractivity contribution < 1.29 is 5.11 Å². The zero-order valence-corrected chi connectivity index (χ0v) is 13.5. The van der Waals surface area contributed by atoms with Crippen molar-refractivity contribution in [2.75, 3.05) is 5.32 Å². The van der Waals surface area contributed by atoms with Gasteiger partial charge in [-0.15, -0.1) is 0 Å². The minimum Gasteiger partial charge on any atom is -0.386 e. The molecule has 4 rings (SSSR count). The van der Waals surface area contributed by atoms with E-state index in [0.717, 1.165) is 34.6 Å². The molecule has 2 heterocycles. The van der Waals surface area contributed by atoms with E-state index in [1.54, 1.807) is 12.4 Å². The molecule has 4 nitrogen and oxygen atoms in total. The Balaban J connectivity index is 1.82. The van der Waals surface area contributed by atoms with Gasteiger partial charge in [-0.1, -0.05) is 37.3 Å². The third kappa shape index (κ3) is 2.36. The second kappa shape index (κ2) is 6.06. The monoisotopic (exact) mass is 317 g/mol. The van der Waals surface area contributed by atoms with Gasteiger partial charge in [0.2, 0.25) is 0 Å². The summed E-state index contributed by atoms with van der Waals surface area (Å²) in [5.74, 6) is 0. The van der Waals surface area contributed by atoms with Crippen LogP contribution in [0.1, 0.15) is 35.8 Å². The van der Waals surface area contributed by atoms with Crippen molar-refractivity contribution in [3.8, 4) is 11.4 Å². The van der Waals surface area contributed by atoms with Crippen LogP contribution in [0.4, 0.5) is 5.69 Å². The first-order valence-corrected chi connectivity index (χ1v) is 8.22. The van der Waals surface area contributed by atoms with Gasteiger partial charge in [-0.05, 0) is 30.2 Å². The van der Waals surface area contributed by atoms with E-state index in [4.69, 9.17) is 0 Å². The summed E-state index contributed by atoms with van der Waals surface area (Å²) in [6.45, 7) is 2.13. The van der Waals surface area contributed by atoms with E-state index in [1.165, 1.54) is 5.56 Å². The highest BCUT2D eigenvalue weighted by Gasteiger charge is 2.34. The number of nitrogens with one attached hydrogen (secondary N) is 1. The van der Waals surface area contributed by atoms with Crippen molar-refractivity contribution in [1.82, 2.24) is 9.97 Å². The fraction of sp³-hybridized carbons (Fsp3) is 0.200. The molecule has 0 amide bonds. The van der Waals surface area contributed by atoms with E-state index in [-0.39, 0.29) is 6.04 Å². The number of nitrogens with zero attached hydrogens (tertiary/aromatic N) is 2. The van der Waals surface area contributed by atoms with Gasteiger partial charge in [0.15, 0.2) is 0 Å². The molecular weight excluding hydrogens is 298 g/mol. The Kier molecular flexibility index (Phi) is 3.75. The molecule has 0 unspecified atom stereocenters. The van der Waals surface area contributed by atoms with Crippen LogP contribution in [0.3, 0.4) is 0 Å². The van der Waals surface area contributed by atoms with Crippen molar-refractivity contribution in [2.24, 2.45) is 0 Å². The number of hydrogen-bond donors (Lipinski definition) is 2. The number of para-hydroxylation sites is 1. The van der Waals surface area contributed by atoms with Crippen LogP contribution in [0.15, 0.2) is 60.9 Å². The molecule has 1 aliphatic carbocycles. The van der Waals surface area contributed by atoms with Crippen LogP contribution >= 0.6 is 0 Å². The first kappa shape index (κ1) is 14.8. The fourth-order valence-electron chi connectivity index (χ4n) is 3.36. The summed E-state index contributed by atoms with van der Waals surface area (Å²) in [5, 5.41) is 14.5. The smallest absolute Gasteiger partial charge is 0.105 e. The lowest BCUT2D eigenvalue weighted by Gasteiger charge is -2.32. The minimum atomic E-state index is -0.671. The lowest BCUT2D eigenvalue weighted by Crippen LogP contribution is -2.25. The number of rotatable bonds is 3. The molecule has 0 aliphatic heterocycles. The van der Waals surface area contributed by atoms with Crippen LogP contribution in [0.5, 0.6) is 0 Å². The van der Waals surface area contributed by atoms with Gasteiger partial charge in [0.25, 0.3) is 0 Å². The van der Waals surface area contributed by atoms with E-state index in [0.29, 0.717) is 0 Å². The van der Waals surface area contributed by atoms with E-state index in [1.807, 2.05) is 36.4 Å². The van der Waals surface area contributed by atoms with Crippen LogP contribution in [0.2, 0.25) is 0 Å². The van der Waals surface area contributed by atoms with Crippen molar-refractivity contribution >= 4 is 5.69 Å². The highest BCUT2D eigenvalue weighted by Crippen LogP contribution is 2.43. The number of benzene rings is 1. The number of fused-ring (bicyclic) bond motifs is 3. The Morgan fingerprint density at radius 1 is 0.917 bits per heavy atom. The summed E-state index contributed by atoms with van der Waals surface area (Å²) < 4.78 is 0. The molecule has 24 heavy (non-hydrogen) atoms. The topological polar surface area (TPSA) is 58.0 Å². The number of aliphatic hydroxyl groups excluding tert-OH is 1. The zero-order chi connectivity index (χ0) is 16.5. The molecule has 1 aliphatic rings. The van der Waals surface area contributed by atoms with Crippen molar-refractivity contribution in [3.63, 3.8) is 0 Å². The van der Waals surface area contributed by atoms with Gasteiger partial charge < -0.3 is 10.4 Å². The maximum Gasteiger partial charge on any atom is 0.105 e. The molecule has 2 N–H and O–H groups in total. The van der Waals surface area contributed by atoms with Crippen molar-refractivity contribution in [3.05, 3.63) is 77.6 Å². The van der Waals surface area contributed by atoms with Gasteiger partial charge in [0.05, 0.1) is 17.4 Å². The maximum atomic E-state index is 11.0. The molecule has 0 bridgehead atoms. The number of aryl methyl sites for hydroxylation is 1. The molecular formula is C20H19N3O. The summed E-state index contributed by atoms with van der Waals surface area (Å²) >= 11 is 0.